The number of thiazole rings is 1. The summed E-state index contributed by atoms with van der Waals surface area (Å²) in [6, 6.07) is 2.07. The fraction of sp³-hybridized carbons (Fsp3) is 0.500. The highest BCUT2D eigenvalue weighted by molar-refractivity contribution is 7.09. The molecule has 94 valence electrons. The van der Waals surface area contributed by atoms with Crippen molar-refractivity contribution in [2.24, 2.45) is 5.92 Å². The summed E-state index contributed by atoms with van der Waals surface area (Å²) in [7, 11) is 0. The highest BCUT2D eigenvalue weighted by Crippen LogP contribution is 2.30. The Morgan fingerprint density at radius 3 is 3.00 bits per heavy atom. The third-order valence-electron chi connectivity index (χ3n) is 3.21. The third-order valence-corrected chi connectivity index (χ3v) is 4.24. The molecule has 0 amide bonds. The Morgan fingerprint density at radius 1 is 1.72 bits per heavy atom. The van der Waals surface area contributed by atoms with E-state index in [1.807, 2.05) is 12.3 Å². The Kier molecular flexibility index (Phi) is 3.93. The molecule has 18 heavy (non-hydrogen) atoms. The Hall–Kier alpha value is -1.47. The largest absolute Gasteiger partial charge is 0.293 e. The van der Waals surface area contributed by atoms with Gasteiger partial charge in [0.25, 0.3) is 0 Å². The number of hydrogen-bond donors (Lipinski definition) is 0. The molecule has 1 aliphatic carbocycles. The third kappa shape index (κ3) is 2.85. The molecule has 1 fully saturated rings. The van der Waals surface area contributed by atoms with Crippen LogP contribution in [0.15, 0.2) is 17.0 Å². The molecule has 0 radical (unpaired) electrons. The number of nitrogens with zero attached hydrogens (tertiary/aromatic N) is 2. The second kappa shape index (κ2) is 5.45. The predicted molar refractivity (Wildman–Crippen MR) is 71.3 cm³/mol. The number of allylic oxidation sites excluding steroid dienone is 2. The molecule has 1 saturated carbocycles. The molecule has 0 aliphatic heterocycles. The van der Waals surface area contributed by atoms with Gasteiger partial charge in [-0.1, -0.05) is 12.5 Å². The van der Waals surface area contributed by atoms with Gasteiger partial charge in [0.1, 0.15) is 5.01 Å². The topological polar surface area (TPSA) is 53.8 Å². The molecule has 0 aromatic carbocycles. The van der Waals surface area contributed by atoms with Crippen LogP contribution in [-0.2, 0) is 4.79 Å². The first-order valence-electron chi connectivity index (χ1n) is 6.15. The summed E-state index contributed by atoms with van der Waals surface area (Å²) in [6.07, 6.45) is 4.80. The van der Waals surface area contributed by atoms with E-state index in [1.54, 1.807) is 6.08 Å². The average Bonchev–Trinajstić information content (AvgIpc) is 2.89. The lowest BCUT2D eigenvalue weighted by Gasteiger charge is -2.02. The molecule has 0 N–H and O–H groups in total. The van der Waals surface area contributed by atoms with Crippen LogP contribution in [0.25, 0.3) is 0 Å². The van der Waals surface area contributed by atoms with E-state index in [9.17, 15) is 4.79 Å². The van der Waals surface area contributed by atoms with Gasteiger partial charge in [0.05, 0.1) is 6.07 Å². The van der Waals surface area contributed by atoms with Crippen molar-refractivity contribution in [2.75, 3.05) is 0 Å². The first kappa shape index (κ1) is 13.0. The van der Waals surface area contributed by atoms with Gasteiger partial charge in [-0.05, 0) is 38.2 Å². The zero-order chi connectivity index (χ0) is 13.1. The number of ketones is 1. The molecule has 1 heterocycles. The smallest absolute Gasteiger partial charge is 0.179 e. The SMILES string of the molecule is Cc1csc([C@H](C#N)C(=O)/C=C2\CC[C@H](C)C2)n1. The van der Waals surface area contributed by atoms with Gasteiger partial charge in [-0.2, -0.15) is 5.26 Å². The van der Waals surface area contributed by atoms with E-state index in [1.165, 1.54) is 16.9 Å². The van der Waals surface area contributed by atoms with Crippen LogP contribution in [0.1, 0.15) is 42.8 Å². The minimum Gasteiger partial charge on any atom is -0.293 e. The number of aromatic nitrogens is 1. The van der Waals surface area contributed by atoms with Crippen molar-refractivity contribution in [3.8, 4) is 6.07 Å². The molecular weight excluding hydrogens is 244 g/mol. The molecule has 0 spiro atoms. The predicted octanol–water partition coefficient (Wildman–Crippen LogP) is 3.37. The van der Waals surface area contributed by atoms with Gasteiger partial charge < -0.3 is 0 Å². The van der Waals surface area contributed by atoms with Crippen molar-refractivity contribution < 1.29 is 4.79 Å². The first-order chi connectivity index (χ1) is 8.60. The minimum absolute atomic E-state index is 0.115. The monoisotopic (exact) mass is 260 g/mol. The van der Waals surface area contributed by atoms with Crippen molar-refractivity contribution in [3.63, 3.8) is 0 Å². The number of rotatable bonds is 3. The van der Waals surface area contributed by atoms with Crippen LogP contribution in [0, 0.1) is 24.2 Å². The normalized spacial score (nSPS) is 22.9. The number of hydrogen-bond acceptors (Lipinski definition) is 4. The van der Waals surface area contributed by atoms with Crippen LogP contribution in [0.2, 0.25) is 0 Å². The summed E-state index contributed by atoms with van der Waals surface area (Å²) < 4.78 is 0. The summed E-state index contributed by atoms with van der Waals surface area (Å²) in [4.78, 5) is 16.4. The molecular formula is C14H16N2OS. The maximum Gasteiger partial charge on any atom is 0.179 e. The molecule has 1 aromatic heterocycles. The Balaban J connectivity index is 2.14. The van der Waals surface area contributed by atoms with Crippen molar-refractivity contribution >= 4 is 17.1 Å². The van der Waals surface area contributed by atoms with E-state index in [-0.39, 0.29) is 5.78 Å². The van der Waals surface area contributed by atoms with Crippen LogP contribution in [-0.4, -0.2) is 10.8 Å². The summed E-state index contributed by atoms with van der Waals surface area (Å²) in [5.41, 5.74) is 2.05. The number of carbonyl (C=O) groups excluding carboxylic acids is 1. The lowest BCUT2D eigenvalue weighted by Crippen LogP contribution is -2.08. The van der Waals surface area contributed by atoms with Gasteiger partial charge in [0.2, 0.25) is 0 Å². The average molecular weight is 260 g/mol. The summed E-state index contributed by atoms with van der Waals surface area (Å²) >= 11 is 1.39. The number of carbonyl (C=O) groups is 1. The summed E-state index contributed by atoms with van der Waals surface area (Å²) in [6.45, 7) is 4.06. The van der Waals surface area contributed by atoms with E-state index >= 15 is 0 Å². The van der Waals surface area contributed by atoms with E-state index in [0.29, 0.717) is 10.9 Å². The van der Waals surface area contributed by atoms with E-state index in [0.717, 1.165) is 25.0 Å². The van der Waals surface area contributed by atoms with Crippen LogP contribution in [0.4, 0.5) is 0 Å². The Morgan fingerprint density at radius 2 is 2.50 bits per heavy atom. The van der Waals surface area contributed by atoms with Crippen molar-refractivity contribution in [2.45, 2.75) is 39.0 Å². The van der Waals surface area contributed by atoms with Crippen molar-refractivity contribution in [1.82, 2.24) is 4.98 Å². The second-order valence-corrected chi connectivity index (χ2v) is 5.83. The van der Waals surface area contributed by atoms with Gasteiger partial charge in [-0.25, -0.2) is 4.98 Å². The zero-order valence-corrected chi connectivity index (χ0v) is 11.5. The van der Waals surface area contributed by atoms with Gasteiger partial charge in [-0.15, -0.1) is 11.3 Å². The fourth-order valence-electron chi connectivity index (χ4n) is 2.24. The van der Waals surface area contributed by atoms with Gasteiger partial charge in [0, 0.05) is 11.1 Å². The molecule has 1 aliphatic rings. The molecule has 0 unspecified atom stereocenters. The Bertz CT molecular complexity index is 524. The van der Waals surface area contributed by atoms with E-state index in [2.05, 4.69) is 18.0 Å². The highest BCUT2D eigenvalue weighted by Gasteiger charge is 2.23. The minimum atomic E-state index is -0.730. The molecule has 3 nitrogen and oxygen atoms in total. The Labute approximate surface area is 111 Å². The lowest BCUT2D eigenvalue weighted by atomic mass is 10.0. The first-order valence-corrected chi connectivity index (χ1v) is 7.03. The molecule has 2 atom stereocenters. The zero-order valence-electron chi connectivity index (χ0n) is 10.6. The second-order valence-electron chi connectivity index (χ2n) is 4.94. The maximum absolute atomic E-state index is 12.1. The highest BCUT2D eigenvalue weighted by atomic mass is 32.1. The van der Waals surface area contributed by atoms with E-state index < -0.39 is 5.92 Å². The van der Waals surface area contributed by atoms with Gasteiger partial charge in [-0.3, -0.25) is 4.79 Å². The van der Waals surface area contributed by atoms with Crippen LogP contribution >= 0.6 is 11.3 Å². The number of aryl methyl sites for hydroxylation is 1. The maximum atomic E-state index is 12.1. The van der Waals surface area contributed by atoms with Crippen LogP contribution in [0.3, 0.4) is 0 Å². The van der Waals surface area contributed by atoms with Gasteiger partial charge in [0.15, 0.2) is 11.7 Å². The lowest BCUT2D eigenvalue weighted by molar-refractivity contribution is -0.114. The van der Waals surface area contributed by atoms with E-state index in [4.69, 9.17) is 5.26 Å². The standard InChI is InChI=1S/C14H16N2OS/c1-9-3-4-11(5-9)6-13(17)12(7-15)14-16-10(2)8-18-14/h6,8-9,12H,3-5H2,1-2H3/b11-6+/t9-,12+/m0/s1. The van der Waals surface area contributed by atoms with Crippen LogP contribution in [0.5, 0.6) is 0 Å². The van der Waals surface area contributed by atoms with Crippen molar-refractivity contribution in [1.29, 1.82) is 5.26 Å². The molecule has 2 rings (SSSR count). The quantitative estimate of drug-likeness (QED) is 0.783. The summed E-state index contributed by atoms with van der Waals surface area (Å²) in [5, 5.41) is 11.6. The fourth-order valence-corrected chi connectivity index (χ4v) is 3.09. The number of nitriles is 1. The van der Waals surface area contributed by atoms with Gasteiger partial charge >= 0.3 is 0 Å². The van der Waals surface area contributed by atoms with Crippen LogP contribution < -0.4 is 0 Å². The molecule has 0 bridgehead atoms. The molecule has 0 saturated heterocycles. The molecule has 1 aromatic rings. The molecule has 4 heteroatoms. The summed E-state index contributed by atoms with van der Waals surface area (Å²) in [5.74, 6) is -0.185. The van der Waals surface area contributed by atoms with Crippen molar-refractivity contribution in [3.05, 3.63) is 27.7 Å².